The molecule has 2 rings (SSSR count). The van der Waals surface area contributed by atoms with Gasteiger partial charge in [-0.3, -0.25) is 0 Å². The highest BCUT2D eigenvalue weighted by atomic mass is 19.4. The molecule has 2 nitrogen and oxygen atoms in total. The molecule has 0 amide bonds. The van der Waals surface area contributed by atoms with Crippen molar-refractivity contribution < 1.29 is 18.3 Å². The van der Waals surface area contributed by atoms with Crippen molar-refractivity contribution in [2.75, 3.05) is 5.73 Å². The summed E-state index contributed by atoms with van der Waals surface area (Å²) < 4.78 is 37.2. The van der Waals surface area contributed by atoms with E-state index in [0.717, 1.165) is 12.1 Å². The number of phenols is 1. The maximum Gasteiger partial charge on any atom is 0.416 e. The number of halogens is 3. The van der Waals surface area contributed by atoms with Crippen molar-refractivity contribution in [3.63, 3.8) is 0 Å². The van der Waals surface area contributed by atoms with Crippen LogP contribution >= 0.6 is 0 Å². The Kier molecular flexibility index (Phi) is 2.90. The first-order valence-electron chi connectivity index (χ1n) is 5.14. The molecular formula is C13H10F3NO. The number of nitrogen functional groups attached to an aromatic ring is 1. The zero-order chi connectivity index (χ0) is 13.3. The van der Waals surface area contributed by atoms with Crippen LogP contribution in [-0.2, 0) is 6.18 Å². The molecule has 3 N–H and O–H groups in total. The third kappa shape index (κ3) is 2.40. The Labute approximate surface area is 101 Å². The monoisotopic (exact) mass is 253 g/mol. The molecule has 0 unspecified atom stereocenters. The quantitative estimate of drug-likeness (QED) is 0.762. The Morgan fingerprint density at radius 3 is 2.06 bits per heavy atom. The van der Waals surface area contributed by atoms with Crippen molar-refractivity contribution in [2.45, 2.75) is 6.18 Å². The smallest absolute Gasteiger partial charge is 0.416 e. The minimum Gasteiger partial charge on any atom is -0.507 e. The van der Waals surface area contributed by atoms with E-state index in [9.17, 15) is 18.3 Å². The largest absolute Gasteiger partial charge is 0.507 e. The second-order valence-corrected chi connectivity index (χ2v) is 3.85. The molecule has 0 radical (unpaired) electrons. The summed E-state index contributed by atoms with van der Waals surface area (Å²) in [5, 5.41) is 9.67. The molecule has 0 aromatic heterocycles. The van der Waals surface area contributed by atoms with E-state index in [2.05, 4.69) is 0 Å². The maximum absolute atomic E-state index is 12.4. The lowest BCUT2D eigenvalue weighted by Gasteiger charge is -2.09. The summed E-state index contributed by atoms with van der Waals surface area (Å²) in [4.78, 5) is 0. The van der Waals surface area contributed by atoms with Crippen LogP contribution < -0.4 is 5.73 Å². The lowest BCUT2D eigenvalue weighted by Crippen LogP contribution is -2.03. The van der Waals surface area contributed by atoms with E-state index >= 15 is 0 Å². The molecule has 5 heteroatoms. The molecule has 0 atom stereocenters. The van der Waals surface area contributed by atoms with Gasteiger partial charge in [-0.15, -0.1) is 0 Å². The summed E-state index contributed by atoms with van der Waals surface area (Å²) in [5.41, 5.74) is 6.09. The van der Waals surface area contributed by atoms with Crippen LogP contribution in [0.5, 0.6) is 5.75 Å². The molecule has 0 spiro atoms. The van der Waals surface area contributed by atoms with Gasteiger partial charge in [0.25, 0.3) is 0 Å². The van der Waals surface area contributed by atoms with E-state index < -0.39 is 11.7 Å². The summed E-state index contributed by atoms with van der Waals surface area (Å²) in [6, 6.07) is 9.07. The van der Waals surface area contributed by atoms with E-state index in [1.165, 1.54) is 18.2 Å². The number of phenolic OH excluding ortho intramolecular Hbond substituents is 1. The summed E-state index contributed by atoms with van der Waals surface area (Å²) in [6.45, 7) is 0. The number of alkyl halides is 3. The Bertz CT molecular complexity index is 561. The van der Waals surface area contributed by atoms with Gasteiger partial charge >= 0.3 is 6.18 Å². The molecule has 0 saturated heterocycles. The molecule has 0 saturated carbocycles. The number of benzene rings is 2. The Morgan fingerprint density at radius 1 is 0.944 bits per heavy atom. The zero-order valence-corrected chi connectivity index (χ0v) is 9.20. The summed E-state index contributed by atoms with van der Waals surface area (Å²) in [7, 11) is 0. The van der Waals surface area contributed by atoms with Gasteiger partial charge in [-0.25, -0.2) is 0 Å². The van der Waals surface area contributed by atoms with Gasteiger partial charge in [0.15, 0.2) is 0 Å². The molecule has 2 aromatic carbocycles. The fraction of sp³-hybridized carbons (Fsp3) is 0.0769. The number of aromatic hydroxyl groups is 1. The molecule has 0 aliphatic carbocycles. The van der Waals surface area contributed by atoms with E-state index in [4.69, 9.17) is 5.73 Å². The summed E-state index contributed by atoms with van der Waals surface area (Å²) in [6.07, 6.45) is -4.36. The Balaban J connectivity index is 2.41. The fourth-order valence-electron chi connectivity index (χ4n) is 1.63. The predicted molar refractivity (Wildman–Crippen MR) is 63.0 cm³/mol. The highest BCUT2D eigenvalue weighted by molar-refractivity contribution is 5.72. The van der Waals surface area contributed by atoms with Crippen LogP contribution in [0.25, 0.3) is 11.1 Å². The first-order valence-corrected chi connectivity index (χ1v) is 5.14. The molecule has 94 valence electrons. The average molecular weight is 253 g/mol. The number of rotatable bonds is 1. The molecule has 0 bridgehead atoms. The van der Waals surface area contributed by atoms with Crippen LogP contribution in [0, 0.1) is 0 Å². The topological polar surface area (TPSA) is 46.2 Å². The lowest BCUT2D eigenvalue weighted by molar-refractivity contribution is -0.137. The second-order valence-electron chi connectivity index (χ2n) is 3.85. The van der Waals surface area contributed by atoms with E-state index in [1.54, 1.807) is 12.1 Å². The van der Waals surface area contributed by atoms with Crippen LogP contribution in [0.2, 0.25) is 0 Å². The van der Waals surface area contributed by atoms with Crippen molar-refractivity contribution in [3.05, 3.63) is 48.0 Å². The van der Waals surface area contributed by atoms with Gasteiger partial charge in [0.2, 0.25) is 0 Å². The first kappa shape index (κ1) is 12.3. The van der Waals surface area contributed by atoms with Crippen LogP contribution in [0.1, 0.15) is 5.56 Å². The summed E-state index contributed by atoms with van der Waals surface area (Å²) >= 11 is 0. The first-order chi connectivity index (χ1) is 8.38. The fourth-order valence-corrected chi connectivity index (χ4v) is 1.63. The van der Waals surface area contributed by atoms with Crippen LogP contribution in [0.4, 0.5) is 18.9 Å². The highest BCUT2D eigenvalue weighted by Gasteiger charge is 2.30. The number of nitrogens with two attached hydrogens (primary N) is 1. The van der Waals surface area contributed by atoms with E-state index in [-0.39, 0.29) is 5.75 Å². The molecule has 2 aromatic rings. The van der Waals surface area contributed by atoms with Gasteiger partial charge in [-0.2, -0.15) is 13.2 Å². The SMILES string of the molecule is Nc1ccc(-c2ccc(C(F)(F)F)cc2)c(O)c1. The minimum atomic E-state index is -4.36. The van der Waals surface area contributed by atoms with Crippen molar-refractivity contribution in [3.8, 4) is 16.9 Å². The van der Waals surface area contributed by atoms with E-state index in [0.29, 0.717) is 16.8 Å². The number of anilines is 1. The summed E-state index contributed by atoms with van der Waals surface area (Å²) in [5.74, 6) is -0.0604. The molecule has 0 aliphatic heterocycles. The molecular weight excluding hydrogens is 243 g/mol. The van der Waals surface area contributed by atoms with Crippen molar-refractivity contribution in [1.29, 1.82) is 0 Å². The van der Waals surface area contributed by atoms with Crippen LogP contribution in [-0.4, -0.2) is 5.11 Å². The van der Waals surface area contributed by atoms with Crippen molar-refractivity contribution in [1.82, 2.24) is 0 Å². The maximum atomic E-state index is 12.4. The lowest BCUT2D eigenvalue weighted by atomic mass is 10.0. The molecule has 0 heterocycles. The molecule has 0 aliphatic rings. The van der Waals surface area contributed by atoms with E-state index in [1.807, 2.05) is 0 Å². The predicted octanol–water partition coefficient (Wildman–Crippen LogP) is 3.66. The van der Waals surface area contributed by atoms with Gasteiger partial charge < -0.3 is 10.8 Å². The van der Waals surface area contributed by atoms with Gasteiger partial charge in [0.1, 0.15) is 5.75 Å². The van der Waals surface area contributed by atoms with Gasteiger partial charge in [0.05, 0.1) is 5.56 Å². The average Bonchev–Trinajstić information content (AvgIpc) is 2.28. The Hall–Kier alpha value is -2.17. The second kappa shape index (κ2) is 4.25. The van der Waals surface area contributed by atoms with Crippen LogP contribution in [0.3, 0.4) is 0 Å². The van der Waals surface area contributed by atoms with Crippen LogP contribution in [0.15, 0.2) is 42.5 Å². The number of hydrogen-bond acceptors (Lipinski definition) is 2. The van der Waals surface area contributed by atoms with Crippen molar-refractivity contribution >= 4 is 5.69 Å². The van der Waals surface area contributed by atoms with Gasteiger partial charge in [-0.1, -0.05) is 12.1 Å². The van der Waals surface area contributed by atoms with Crippen molar-refractivity contribution in [2.24, 2.45) is 0 Å². The highest BCUT2D eigenvalue weighted by Crippen LogP contribution is 2.34. The van der Waals surface area contributed by atoms with Gasteiger partial charge in [0, 0.05) is 17.3 Å². The Morgan fingerprint density at radius 2 is 1.56 bits per heavy atom. The minimum absolute atomic E-state index is 0.0604. The normalized spacial score (nSPS) is 11.5. The van der Waals surface area contributed by atoms with Gasteiger partial charge in [-0.05, 0) is 29.8 Å². The third-order valence-electron chi connectivity index (χ3n) is 2.55. The third-order valence-corrected chi connectivity index (χ3v) is 2.55. The zero-order valence-electron chi connectivity index (χ0n) is 9.20. The molecule has 18 heavy (non-hydrogen) atoms. The standard InChI is InChI=1S/C13H10F3NO/c14-13(15,16)9-3-1-8(2-4-9)11-6-5-10(17)7-12(11)18/h1-7,18H,17H2. The number of hydrogen-bond donors (Lipinski definition) is 2. The molecule has 0 fully saturated rings.